The Hall–Kier alpha value is -2.12. The van der Waals surface area contributed by atoms with E-state index in [1.54, 1.807) is 13.0 Å². The van der Waals surface area contributed by atoms with Crippen LogP contribution in [0, 0.1) is 6.92 Å². The van der Waals surface area contributed by atoms with Crippen LogP contribution in [0.5, 0.6) is 0 Å². The van der Waals surface area contributed by atoms with Gasteiger partial charge in [-0.2, -0.15) is 0 Å². The summed E-state index contributed by atoms with van der Waals surface area (Å²) < 4.78 is 0. The highest BCUT2D eigenvalue weighted by molar-refractivity contribution is 7.17. The second-order valence-electron chi connectivity index (χ2n) is 3.98. The van der Waals surface area contributed by atoms with E-state index in [0.717, 1.165) is 11.3 Å². The predicted molar refractivity (Wildman–Crippen MR) is 79.2 cm³/mol. The molecule has 2 rings (SSSR count). The molecule has 6 nitrogen and oxygen atoms in total. The van der Waals surface area contributed by atoms with Gasteiger partial charge in [-0.25, -0.2) is 4.98 Å². The van der Waals surface area contributed by atoms with Crippen molar-refractivity contribution in [3.05, 3.63) is 39.4 Å². The van der Waals surface area contributed by atoms with E-state index in [0.29, 0.717) is 21.4 Å². The fourth-order valence-corrected chi connectivity index (χ4v) is 2.55. The Kier molecular flexibility index (Phi) is 3.91. The molecule has 0 saturated heterocycles. The summed E-state index contributed by atoms with van der Waals surface area (Å²) in [5.74, 6) is -1.02. The molecule has 0 bridgehead atoms. The van der Waals surface area contributed by atoms with Crippen LogP contribution in [-0.4, -0.2) is 16.8 Å². The summed E-state index contributed by atoms with van der Waals surface area (Å²) in [6.07, 6.45) is 0. The van der Waals surface area contributed by atoms with Gasteiger partial charge in [0.2, 0.25) is 5.91 Å². The van der Waals surface area contributed by atoms with Gasteiger partial charge in [0.25, 0.3) is 5.91 Å². The highest BCUT2D eigenvalue weighted by atomic mass is 35.5. The zero-order valence-corrected chi connectivity index (χ0v) is 12.0. The topological polar surface area (TPSA) is 111 Å². The van der Waals surface area contributed by atoms with Crippen molar-refractivity contribution < 1.29 is 9.59 Å². The normalized spacial score (nSPS) is 10.3. The van der Waals surface area contributed by atoms with Crippen LogP contribution in [0.15, 0.2) is 18.2 Å². The van der Waals surface area contributed by atoms with Gasteiger partial charge in [-0.05, 0) is 25.1 Å². The maximum absolute atomic E-state index is 12.1. The molecule has 0 fully saturated rings. The minimum atomic E-state index is -0.663. The molecular formula is C12H11ClN4O2S. The molecule has 0 spiro atoms. The fourth-order valence-electron chi connectivity index (χ4n) is 1.61. The number of hydrogen-bond acceptors (Lipinski definition) is 5. The number of hydrogen-bond donors (Lipinski definition) is 3. The maximum Gasteiger partial charge on any atom is 0.267 e. The molecule has 2 amide bonds. The summed E-state index contributed by atoms with van der Waals surface area (Å²) in [7, 11) is 0. The van der Waals surface area contributed by atoms with Crippen LogP contribution in [0.2, 0.25) is 5.02 Å². The number of aromatic nitrogens is 1. The van der Waals surface area contributed by atoms with E-state index in [4.69, 9.17) is 23.1 Å². The summed E-state index contributed by atoms with van der Waals surface area (Å²) in [6.45, 7) is 1.69. The first-order chi connectivity index (χ1) is 9.38. The second-order valence-corrected chi connectivity index (χ2v) is 5.42. The van der Waals surface area contributed by atoms with Crippen LogP contribution in [-0.2, 0) is 0 Å². The van der Waals surface area contributed by atoms with Crippen LogP contribution >= 0.6 is 22.9 Å². The van der Waals surface area contributed by atoms with Gasteiger partial charge in [0, 0.05) is 5.69 Å². The molecule has 104 valence electrons. The summed E-state index contributed by atoms with van der Waals surface area (Å²) in [5, 5.41) is 3.20. The van der Waals surface area contributed by atoms with Crippen molar-refractivity contribution in [2.45, 2.75) is 6.92 Å². The lowest BCUT2D eigenvalue weighted by atomic mass is 10.2. The number of aryl methyl sites for hydroxylation is 1. The lowest BCUT2D eigenvalue weighted by Crippen LogP contribution is -2.14. The molecule has 0 aliphatic carbocycles. The van der Waals surface area contributed by atoms with Gasteiger partial charge in [0.05, 0.1) is 16.3 Å². The lowest BCUT2D eigenvalue weighted by molar-refractivity contribution is 0.0996. The first-order valence-electron chi connectivity index (χ1n) is 5.52. The van der Waals surface area contributed by atoms with Gasteiger partial charge in [0.1, 0.15) is 4.88 Å². The number of nitrogens with one attached hydrogen (secondary N) is 1. The zero-order valence-electron chi connectivity index (χ0n) is 10.4. The molecule has 8 heteroatoms. The number of thiazole rings is 1. The summed E-state index contributed by atoms with van der Waals surface area (Å²) in [6, 6.07) is 4.49. The Labute approximate surface area is 123 Å². The summed E-state index contributed by atoms with van der Waals surface area (Å²) >= 11 is 6.93. The molecule has 0 radical (unpaired) electrons. The third-order valence-electron chi connectivity index (χ3n) is 2.51. The van der Waals surface area contributed by atoms with E-state index in [2.05, 4.69) is 10.3 Å². The first kappa shape index (κ1) is 14.3. The number of carbonyl (C=O) groups excluding carboxylic acids is 2. The van der Waals surface area contributed by atoms with Crippen molar-refractivity contribution in [3.8, 4) is 0 Å². The minimum Gasteiger partial charge on any atom is -0.375 e. The molecule has 2 aromatic rings. The quantitative estimate of drug-likeness (QED) is 0.805. The third kappa shape index (κ3) is 2.89. The Morgan fingerprint density at radius 1 is 1.40 bits per heavy atom. The molecule has 0 aliphatic rings. The molecule has 5 N–H and O–H groups in total. The number of halogens is 1. The molecular weight excluding hydrogens is 300 g/mol. The van der Waals surface area contributed by atoms with Crippen LogP contribution in [0.3, 0.4) is 0 Å². The SMILES string of the molecule is Cc1nc(N)sc1C(=O)Nc1ccc(Cl)c(C(N)=O)c1. The monoisotopic (exact) mass is 310 g/mol. The third-order valence-corrected chi connectivity index (χ3v) is 3.82. The molecule has 0 aliphatic heterocycles. The van der Waals surface area contributed by atoms with Crippen LogP contribution in [0.25, 0.3) is 0 Å². The van der Waals surface area contributed by atoms with Crippen LogP contribution in [0.4, 0.5) is 10.8 Å². The average molecular weight is 311 g/mol. The highest BCUT2D eigenvalue weighted by Gasteiger charge is 2.15. The summed E-state index contributed by atoms with van der Waals surface area (Å²) in [5.41, 5.74) is 11.8. The second kappa shape index (κ2) is 5.48. The Morgan fingerprint density at radius 3 is 2.65 bits per heavy atom. The van der Waals surface area contributed by atoms with E-state index in [1.807, 2.05) is 0 Å². The predicted octanol–water partition coefficient (Wildman–Crippen LogP) is 2.04. The van der Waals surface area contributed by atoms with Crippen molar-refractivity contribution in [2.75, 3.05) is 11.1 Å². The molecule has 0 atom stereocenters. The van der Waals surface area contributed by atoms with E-state index in [1.165, 1.54) is 12.1 Å². The highest BCUT2D eigenvalue weighted by Crippen LogP contribution is 2.23. The number of carbonyl (C=O) groups is 2. The van der Waals surface area contributed by atoms with E-state index >= 15 is 0 Å². The van der Waals surface area contributed by atoms with Gasteiger partial charge in [-0.15, -0.1) is 0 Å². The largest absolute Gasteiger partial charge is 0.375 e. The number of nitrogens with zero attached hydrogens (tertiary/aromatic N) is 1. The number of amides is 2. The van der Waals surface area contributed by atoms with E-state index < -0.39 is 5.91 Å². The van der Waals surface area contributed by atoms with Crippen molar-refractivity contribution in [2.24, 2.45) is 5.73 Å². The number of nitrogen functional groups attached to an aromatic ring is 1. The Bertz CT molecular complexity index is 699. The number of primary amides is 1. The smallest absolute Gasteiger partial charge is 0.267 e. The Morgan fingerprint density at radius 2 is 2.10 bits per heavy atom. The number of benzene rings is 1. The van der Waals surface area contributed by atoms with Crippen molar-refractivity contribution in [3.63, 3.8) is 0 Å². The Balaban J connectivity index is 2.26. The van der Waals surface area contributed by atoms with Crippen molar-refractivity contribution in [1.82, 2.24) is 4.98 Å². The molecule has 1 heterocycles. The molecule has 1 aromatic carbocycles. The minimum absolute atomic E-state index is 0.144. The van der Waals surface area contributed by atoms with Gasteiger partial charge in [0.15, 0.2) is 5.13 Å². The molecule has 1 aromatic heterocycles. The van der Waals surface area contributed by atoms with Crippen molar-refractivity contribution >= 4 is 45.6 Å². The van der Waals surface area contributed by atoms with E-state index in [9.17, 15) is 9.59 Å². The van der Waals surface area contributed by atoms with Gasteiger partial charge in [-0.3, -0.25) is 9.59 Å². The van der Waals surface area contributed by atoms with Gasteiger partial charge < -0.3 is 16.8 Å². The lowest BCUT2D eigenvalue weighted by Gasteiger charge is -2.06. The number of anilines is 2. The van der Waals surface area contributed by atoms with Crippen LogP contribution in [0.1, 0.15) is 25.7 Å². The average Bonchev–Trinajstić information content (AvgIpc) is 2.70. The number of nitrogens with two attached hydrogens (primary N) is 2. The standard InChI is InChI=1S/C12H11ClN4O2S/c1-5-9(20-12(15)16-5)11(19)17-6-2-3-8(13)7(4-6)10(14)18/h2-4H,1H3,(H2,14,18)(H2,15,16)(H,17,19). The van der Waals surface area contributed by atoms with Gasteiger partial charge >= 0.3 is 0 Å². The van der Waals surface area contributed by atoms with Gasteiger partial charge in [-0.1, -0.05) is 22.9 Å². The fraction of sp³-hybridized carbons (Fsp3) is 0.0833. The summed E-state index contributed by atoms with van der Waals surface area (Å²) in [4.78, 5) is 27.6. The zero-order chi connectivity index (χ0) is 14.9. The molecule has 0 unspecified atom stereocenters. The number of rotatable bonds is 3. The van der Waals surface area contributed by atoms with Crippen molar-refractivity contribution in [1.29, 1.82) is 0 Å². The molecule has 0 saturated carbocycles. The first-order valence-corrected chi connectivity index (χ1v) is 6.71. The van der Waals surface area contributed by atoms with E-state index in [-0.39, 0.29) is 16.5 Å². The van der Waals surface area contributed by atoms with Crippen LogP contribution < -0.4 is 16.8 Å². The maximum atomic E-state index is 12.1. The molecule has 20 heavy (non-hydrogen) atoms.